The molecule has 0 aliphatic carbocycles. The second kappa shape index (κ2) is 4.93. The first-order chi connectivity index (χ1) is 8.47. The van der Waals surface area contributed by atoms with Crippen molar-refractivity contribution in [3.63, 3.8) is 0 Å². The van der Waals surface area contributed by atoms with E-state index in [1.165, 1.54) is 0 Å². The highest BCUT2D eigenvalue weighted by atomic mass is 19.4. The molecule has 7 heteroatoms. The van der Waals surface area contributed by atoms with Gasteiger partial charge in [0.05, 0.1) is 17.4 Å². The van der Waals surface area contributed by atoms with Crippen LogP contribution in [0.1, 0.15) is 5.56 Å². The van der Waals surface area contributed by atoms with Crippen molar-refractivity contribution in [1.82, 2.24) is 15.5 Å². The summed E-state index contributed by atoms with van der Waals surface area (Å²) in [5, 5.41) is 8.57. The Morgan fingerprint density at radius 2 is 2.06 bits per heavy atom. The van der Waals surface area contributed by atoms with Crippen LogP contribution in [0.25, 0.3) is 10.9 Å². The van der Waals surface area contributed by atoms with Crippen LogP contribution in [0.2, 0.25) is 0 Å². The molecule has 0 atom stereocenters. The quantitative estimate of drug-likeness (QED) is 0.655. The Labute approximate surface area is 100 Å². The Kier molecular flexibility index (Phi) is 3.51. The number of aromatic nitrogens is 2. The number of fused-ring (bicyclic) bond motifs is 1. The molecule has 0 aliphatic rings. The normalized spacial score (nSPS) is 12.2. The van der Waals surface area contributed by atoms with E-state index in [0.29, 0.717) is 22.9 Å². The summed E-state index contributed by atoms with van der Waals surface area (Å²) in [6.45, 7) is -0.917. The van der Waals surface area contributed by atoms with Crippen molar-refractivity contribution in [3.05, 3.63) is 29.7 Å². The highest BCUT2D eigenvalue weighted by Gasteiger charge is 2.25. The van der Waals surface area contributed by atoms with E-state index in [2.05, 4.69) is 15.5 Å². The number of aromatic amines is 1. The highest BCUT2D eigenvalue weighted by molar-refractivity contribution is 5.82. The maximum absolute atomic E-state index is 13.4. The zero-order chi connectivity index (χ0) is 13.2. The second-order valence-corrected chi connectivity index (χ2v) is 3.89. The Hall–Kier alpha value is -1.63. The second-order valence-electron chi connectivity index (χ2n) is 3.89. The standard InChI is InChI=1S/C11H11F4N3/c12-10-9-7(2-1-3-8(9)17-18-10)4-5-16-6-11(13,14)15/h1-3,16H,4-6H2,(H,17,18). The molecule has 0 unspecified atom stereocenters. The molecule has 0 spiro atoms. The van der Waals surface area contributed by atoms with E-state index in [4.69, 9.17) is 0 Å². The highest BCUT2D eigenvalue weighted by Crippen LogP contribution is 2.20. The van der Waals surface area contributed by atoms with Gasteiger partial charge < -0.3 is 5.32 Å². The molecular formula is C11H11F4N3. The van der Waals surface area contributed by atoms with E-state index < -0.39 is 18.7 Å². The number of benzene rings is 1. The Bertz CT molecular complexity index is 533. The summed E-state index contributed by atoms with van der Waals surface area (Å²) in [5.41, 5.74) is 1.11. The molecule has 0 bridgehead atoms. The van der Waals surface area contributed by atoms with Crippen LogP contribution in [0.5, 0.6) is 0 Å². The predicted octanol–water partition coefficient (Wildman–Crippen LogP) is 2.40. The third-order valence-electron chi connectivity index (χ3n) is 2.52. The molecule has 0 radical (unpaired) electrons. The van der Waals surface area contributed by atoms with Crippen molar-refractivity contribution in [2.45, 2.75) is 12.6 Å². The van der Waals surface area contributed by atoms with Crippen LogP contribution in [0.4, 0.5) is 17.6 Å². The van der Waals surface area contributed by atoms with Crippen molar-refractivity contribution in [2.75, 3.05) is 13.1 Å². The van der Waals surface area contributed by atoms with Crippen LogP contribution in [-0.4, -0.2) is 29.5 Å². The van der Waals surface area contributed by atoms with Crippen LogP contribution in [0.3, 0.4) is 0 Å². The minimum Gasteiger partial charge on any atom is -0.308 e. The first-order valence-electron chi connectivity index (χ1n) is 5.36. The molecule has 2 aromatic rings. The number of alkyl halides is 3. The number of rotatable bonds is 4. The average Bonchev–Trinajstić information content (AvgIpc) is 2.66. The molecule has 3 nitrogen and oxygen atoms in total. The van der Waals surface area contributed by atoms with Gasteiger partial charge >= 0.3 is 6.18 Å². The van der Waals surface area contributed by atoms with E-state index in [0.717, 1.165) is 0 Å². The Morgan fingerprint density at radius 3 is 2.78 bits per heavy atom. The van der Waals surface area contributed by atoms with Gasteiger partial charge in [-0.25, -0.2) is 0 Å². The van der Waals surface area contributed by atoms with Gasteiger partial charge in [0.25, 0.3) is 0 Å². The van der Waals surface area contributed by atoms with E-state index in [1.807, 2.05) is 0 Å². The fourth-order valence-electron chi connectivity index (χ4n) is 1.76. The number of nitrogens with one attached hydrogen (secondary N) is 2. The summed E-state index contributed by atoms with van der Waals surface area (Å²) in [6, 6.07) is 5.01. The lowest BCUT2D eigenvalue weighted by Crippen LogP contribution is -2.30. The summed E-state index contributed by atoms with van der Waals surface area (Å²) < 4.78 is 49.1. The van der Waals surface area contributed by atoms with Gasteiger partial charge in [-0.2, -0.15) is 22.7 Å². The minimum absolute atomic E-state index is 0.128. The summed E-state index contributed by atoms with van der Waals surface area (Å²) >= 11 is 0. The van der Waals surface area contributed by atoms with Crippen molar-refractivity contribution in [3.8, 4) is 0 Å². The van der Waals surface area contributed by atoms with Gasteiger partial charge in [0.15, 0.2) is 0 Å². The van der Waals surface area contributed by atoms with E-state index in [9.17, 15) is 17.6 Å². The number of hydrogen-bond donors (Lipinski definition) is 2. The fourth-order valence-corrected chi connectivity index (χ4v) is 1.76. The number of H-pyrrole nitrogens is 1. The lowest BCUT2D eigenvalue weighted by Gasteiger charge is -2.08. The maximum atomic E-state index is 13.4. The van der Waals surface area contributed by atoms with Crippen molar-refractivity contribution in [2.24, 2.45) is 0 Å². The van der Waals surface area contributed by atoms with Gasteiger partial charge in [0, 0.05) is 0 Å². The molecule has 1 aromatic carbocycles. The lowest BCUT2D eigenvalue weighted by atomic mass is 10.1. The lowest BCUT2D eigenvalue weighted by molar-refractivity contribution is -0.124. The minimum atomic E-state index is -4.23. The van der Waals surface area contributed by atoms with Crippen molar-refractivity contribution < 1.29 is 17.6 Å². The third-order valence-corrected chi connectivity index (χ3v) is 2.52. The van der Waals surface area contributed by atoms with Crippen LogP contribution in [-0.2, 0) is 6.42 Å². The van der Waals surface area contributed by atoms with Gasteiger partial charge in [0.2, 0.25) is 5.95 Å². The number of nitrogens with zero attached hydrogens (tertiary/aromatic N) is 1. The maximum Gasteiger partial charge on any atom is 0.401 e. The first kappa shape index (κ1) is 12.8. The molecule has 0 amide bonds. The Balaban J connectivity index is 2.02. The smallest absolute Gasteiger partial charge is 0.308 e. The molecule has 0 saturated heterocycles. The molecule has 2 rings (SSSR count). The van der Waals surface area contributed by atoms with Crippen LogP contribution < -0.4 is 5.32 Å². The molecule has 0 saturated carbocycles. The van der Waals surface area contributed by atoms with Crippen molar-refractivity contribution in [1.29, 1.82) is 0 Å². The topological polar surface area (TPSA) is 40.7 Å². The van der Waals surface area contributed by atoms with Gasteiger partial charge in [0.1, 0.15) is 0 Å². The molecule has 98 valence electrons. The van der Waals surface area contributed by atoms with Crippen molar-refractivity contribution >= 4 is 10.9 Å². The molecule has 1 aromatic heterocycles. The van der Waals surface area contributed by atoms with E-state index >= 15 is 0 Å². The molecule has 0 fully saturated rings. The number of hydrogen-bond acceptors (Lipinski definition) is 2. The Morgan fingerprint density at radius 1 is 1.28 bits per heavy atom. The molecule has 2 N–H and O–H groups in total. The predicted molar refractivity (Wildman–Crippen MR) is 58.7 cm³/mol. The number of halogens is 4. The van der Waals surface area contributed by atoms with Crippen LogP contribution in [0.15, 0.2) is 18.2 Å². The largest absolute Gasteiger partial charge is 0.401 e. The summed E-state index contributed by atoms with van der Waals surface area (Å²) in [5.74, 6) is -0.559. The van der Waals surface area contributed by atoms with Gasteiger partial charge in [-0.3, -0.25) is 5.10 Å². The first-order valence-corrected chi connectivity index (χ1v) is 5.36. The zero-order valence-corrected chi connectivity index (χ0v) is 9.31. The zero-order valence-electron chi connectivity index (χ0n) is 9.31. The fraction of sp³-hybridized carbons (Fsp3) is 0.364. The van der Waals surface area contributed by atoms with Gasteiger partial charge in [-0.05, 0) is 24.6 Å². The molecule has 18 heavy (non-hydrogen) atoms. The van der Waals surface area contributed by atoms with Gasteiger partial charge in [-0.1, -0.05) is 12.1 Å². The summed E-state index contributed by atoms with van der Waals surface area (Å²) in [7, 11) is 0. The van der Waals surface area contributed by atoms with E-state index in [1.54, 1.807) is 18.2 Å². The van der Waals surface area contributed by atoms with Crippen LogP contribution >= 0.6 is 0 Å². The molecule has 1 heterocycles. The average molecular weight is 261 g/mol. The molecular weight excluding hydrogens is 250 g/mol. The summed E-state index contributed by atoms with van der Waals surface area (Å²) in [4.78, 5) is 0. The van der Waals surface area contributed by atoms with Crippen LogP contribution in [0, 0.1) is 5.95 Å². The van der Waals surface area contributed by atoms with Gasteiger partial charge in [-0.15, -0.1) is 0 Å². The third kappa shape index (κ3) is 2.98. The van der Waals surface area contributed by atoms with E-state index in [-0.39, 0.29) is 6.54 Å². The SMILES string of the molecule is Fc1[nH]nc2cccc(CCNCC(F)(F)F)c12. The molecule has 0 aliphatic heterocycles. The summed E-state index contributed by atoms with van der Waals surface area (Å²) in [6.07, 6.45) is -3.92. The monoisotopic (exact) mass is 261 g/mol.